The van der Waals surface area contributed by atoms with Crippen molar-refractivity contribution in [1.29, 1.82) is 0 Å². The van der Waals surface area contributed by atoms with Crippen LogP contribution >= 0.6 is 15.9 Å². The number of nitrogens with one attached hydrogen (secondary N) is 1. The fourth-order valence-electron chi connectivity index (χ4n) is 1.97. The van der Waals surface area contributed by atoms with E-state index < -0.39 is 28.8 Å². The predicted octanol–water partition coefficient (Wildman–Crippen LogP) is 3.37. The number of esters is 1. The lowest BCUT2D eigenvalue weighted by Gasteiger charge is -2.14. The van der Waals surface area contributed by atoms with Gasteiger partial charge in [-0.1, -0.05) is 34.1 Å². The molecular formula is C17H16BrNO4S. The molecular weight excluding hydrogens is 394 g/mol. The third-order valence-corrected chi connectivity index (χ3v) is 4.63. The Bertz CT molecular complexity index is 794. The van der Waals surface area contributed by atoms with E-state index in [4.69, 9.17) is 4.74 Å². The van der Waals surface area contributed by atoms with E-state index in [2.05, 4.69) is 21.2 Å². The molecule has 24 heavy (non-hydrogen) atoms. The van der Waals surface area contributed by atoms with Gasteiger partial charge in [0.2, 0.25) is 0 Å². The second-order valence-electron chi connectivity index (χ2n) is 5.00. The molecule has 1 N–H and O–H groups in total. The average Bonchev–Trinajstić information content (AvgIpc) is 2.54. The summed E-state index contributed by atoms with van der Waals surface area (Å²) in [6.07, 6.45) is 0.491. The zero-order valence-corrected chi connectivity index (χ0v) is 15.5. The fraction of sp³-hybridized carbons (Fsp3) is 0.176. The summed E-state index contributed by atoms with van der Waals surface area (Å²) in [5.41, 5.74) is 0.785. The van der Waals surface area contributed by atoms with Gasteiger partial charge in [-0.2, -0.15) is 0 Å². The molecule has 0 saturated heterocycles. The van der Waals surface area contributed by atoms with Gasteiger partial charge >= 0.3 is 5.97 Å². The molecule has 2 rings (SSSR count). The van der Waals surface area contributed by atoms with Gasteiger partial charge in [0, 0.05) is 16.4 Å². The van der Waals surface area contributed by atoms with Gasteiger partial charge in [0.25, 0.3) is 5.91 Å². The lowest BCUT2D eigenvalue weighted by molar-refractivity contribution is -0.123. The van der Waals surface area contributed by atoms with Gasteiger partial charge in [-0.15, -0.1) is 0 Å². The minimum atomic E-state index is -1.33. The zero-order chi connectivity index (χ0) is 17.7. The standard InChI is InChI=1S/C17H16BrNO4S/c1-11(16(20)19-13-7-5-6-12(18)10-13)23-17(21)14-8-3-4-9-15(14)24(2)22/h3-11H,1-2H3,(H,19,20)/t11-,24-/m1/s1. The summed E-state index contributed by atoms with van der Waals surface area (Å²) in [6.45, 7) is 1.48. The monoisotopic (exact) mass is 409 g/mol. The number of carbonyl (C=O) groups is 2. The van der Waals surface area contributed by atoms with Gasteiger partial charge in [-0.3, -0.25) is 9.00 Å². The topological polar surface area (TPSA) is 72.5 Å². The van der Waals surface area contributed by atoms with E-state index in [-0.39, 0.29) is 5.56 Å². The Hall–Kier alpha value is -1.99. The molecule has 0 aliphatic heterocycles. The van der Waals surface area contributed by atoms with Crippen molar-refractivity contribution < 1.29 is 18.5 Å². The molecule has 0 heterocycles. The number of amides is 1. The average molecular weight is 410 g/mol. The predicted molar refractivity (Wildman–Crippen MR) is 96.4 cm³/mol. The maximum Gasteiger partial charge on any atom is 0.340 e. The maximum atomic E-state index is 12.2. The molecule has 7 heteroatoms. The van der Waals surface area contributed by atoms with Crippen molar-refractivity contribution in [1.82, 2.24) is 0 Å². The highest BCUT2D eigenvalue weighted by molar-refractivity contribution is 9.10. The Morgan fingerprint density at radius 2 is 1.88 bits per heavy atom. The van der Waals surface area contributed by atoms with E-state index >= 15 is 0 Å². The largest absolute Gasteiger partial charge is 0.449 e. The van der Waals surface area contributed by atoms with Crippen molar-refractivity contribution in [2.45, 2.75) is 17.9 Å². The molecule has 2 atom stereocenters. The number of hydrogen-bond donors (Lipinski definition) is 1. The van der Waals surface area contributed by atoms with Gasteiger partial charge in [0.1, 0.15) is 0 Å². The minimum Gasteiger partial charge on any atom is -0.449 e. The van der Waals surface area contributed by atoms with Gasteiger partial charge in [0.05, 0.1) is 21.3 Å². The molecule has 2 aromatic rings. The lowest BCUT2D eigenvalue weighted by atomic mass is 10.2. The van der Waals surface area contributed by atoms with Crippen LogP contribution in [-0.2, 0) is 20.3 Å². The first-order valence-corrected chi connectivity index (χ1v) is 9.43. The van der Waals surface area contributed by atoms with Crippen molar-refractivity contribution in [2.24, 2.45) is 0 Å². The first-order valence-electron chi connectivity index (χ1n) is 7.08. The van der Waals surface area contributed by atoms with Crippen LogP contribution in [0, 0.1) is 0 Å². The zero-order valence-electron chi connectivity index (χ0n) is 13.1. The second-order valence-corrected chi connectivity index (χ2v) is 7.26. The number of hydrogen-bond acceptors (Lipinski definition) is 4. The van der Waals surface area contributed by atoms with Crippen LogP contribution in [0.4, 0.5) is 5.69 Å². The first kappa shape index (κ1) is 18.4. The molecule has 0 aromatic heterocycles. The third-order valence-electron chi connectivity index (χ3n) is 3.16. The minimum absolute atomic E-state index is 0.195. The molecule has 0 radical (unpaired) electrons. The Labute approximate surface area is 151 Å². The van der Waals surface area contributed by atoms with Crippen LogP contribution in [0.1, 0.15) is 17.3 Å². The van der Waals surface area contributed by atoms with Crippen molar-refractivity contribution in [2.75, 3.05) is 11.6 Å². The lowest BCUT2D eigenvalue weighted by Crippen LogP contribution is -2.30. The molecule has 2 aromatic carbocycles. The van der Waals surface area contributed by atoms with E-state index in [1.165, 1.54) is 19.2 Å². The van der Waals surface area contributed by atoms with Crippen LogP contribution < -0.4 is 5.32 Å². The fourth-order valence-corrected chi connectivity index (χ4v) is 3.10. The van der Waals surface area contributed by atoms with Crippen LogP contribution in [-0.4, -0.2) is 28.4 Å². The number of benzene rings is 2. The summed E-state index contributed by atoms with van der Waals surface area (Å²) < 4.78 is 17.7. The summed E-state index contributed by atoms with van der Waals surface area (Å²) in [4.78, 5) is 24.8. The number of anilines is 1. The second kappa shape index (κ2) is 8.21. The van der Waals surface area contributed by atoms with E-state index in [1.807, 2.05) is 6.07 Å². The smallest absolute Gasteiger partial charge is 0.340 e. The highest BCUT2D eigenvalue weighted by atomic mass is 79.9. The quantitative estimate of drug-likeness (QED) is 0.768. The Morgan fingerprint density at radius 1 is 1.17 bits per heavy atom. The maximum absolute atomic E-state index is 12.2. The Kier molecular flexibility index (Phi) is 6.28. The molecule has 0 saturated carbocycles. The summed E-state index contributed by atoms with van der Waals surface area (Å²) in [7, 11) is -1.33. The van der Waals surface area contributed by atoms with E-state index in [1.54, 1.807) is 36.4 Å². The molecule has 1 amide bonds. The highest BCUT2D eigenvalue weighted by Crippen LogP contribution is 2.17. The van der Waals surface area contributed by atoms with Crippen molar-refractivity contribution in [3.63, 3.8) is 0 Å². The Balaban J connectivity index is 2.06. The summed E-state index contributed by atoms with van der Waals surface area (Å²) in [5.74, 6) is -1.13. The summed E-state index contributed by atoms with van der Waals surface area (Å²) in [5, 5.41) is 2.67. The van der Waals surface area contributed by atoms with Crippen molar-refractivity contribution in [3.05, 3.63) is 58.6 Å². The van der Waals surface area contributed by atoms with Gasteiger partial charge in [0.15, 0.2) is 6.10 Å². The van der Waals surface area contributed by atoms with Gasteiger partial charge in [-0.25, -0.2) is 4.79 Å². The first-order chi connectivity index (χ1) is 11.4. The third kappa shape index (κ3) is 4.75. The summed E-state index contributed by atoms with van der Waals surface area (Å²) >= 11 is 3.32. The SMILES string of the molecule is C[C@@H](OC(=O)c1ccccc1[S@@](C)=O)C(=O)Nc1cccc(Br)c1. The van der Waals surface area contributed by atoms with Gasteiger partial charge in [-0.05, 0) is 37.3 Å². The van der Waals surface area contributed by atoms with Gasteiger partial charge < -0.3 is 10.1 Å². The van der Waals surface area contributed by atoms with Crippen LogP contribution in [0.3, 0.4) is 0 Å². The molecule has 0 bridgehead atoms. The van der Waals surface area contributed by atoms with E-state index in [0.29, 0.717) is 10.6 Å². The summed E-state index contributed by atoms with van der Waals surface area (Å²) in [6, 6.07) is 13.5. The molecule has 0 unspecified atom stereocenters. The molecule has 0 aliphatic carbocycles. The Morgan fingerprint density at radius 3 is 2.54 bits per heavy atom. The number of rotatable bonds is 5. The molecule has 5 nitrogen and oxygen atoms in total. The number of carbonyl (C=O) groups excluding carboxylic acids is 2. The van der Waals surface area contributed by atoms with Crippen LogP contribution in [0.25, 0.3) is 0 Å². The van der Waals surface area contributed by atoms with Crippen LogP contribution in [0.15, 0.2) is 57.9 Å². The van der Waals surface area contributed by atoms with E-state index in [9.17, 15) is 13.8 Å². The van der Waals surface area contributed by atoms with Crippen molar-refractivity contribution in [3.8, 4) is 0 Å². The molecule has 126 valence electrons. The van der Waals surface area contributed by atoms with Crippen LogP contribution in [0.5, 0.6) is 0 Å². The number of ether oxygens (including phenoxy) is 1. The normalized spacial score (nSPS) is 13.0. The van der Waals surface area contributed by atoms with Crippen molar-refractivity contribution >= 4 is 44.3 Å². The molecule has 0 aliphatic rings. The number of halogens is 1. The van der Waals surface area contributed by atoms with Crippen LogP contribution in [0.2, 0.25) is 0 Å². The van der Waals surface area contributed by atoms with E-state index in [0.717, 1.165) is 4.47 Å². The molecule has 0 fully saturated rings. The highest BCUT2D eigenvalue weighted by Gasteiger charge is 2.21. The molecule has 0 spiro atoms.